The van der Waals surface area contributed by atoms with E-state index in [1.807, 2.05) is 13.8 Å². The average molecular weight is 265 g/mol. The summed E-state index contributed by atoms with van der Waals surface area (Å²) in [6, 6.07) is 0.510. The van der Waals surface area contributed by atoms with Crippen LogP contribution in [-0.4, -0.2) is 25.8 Å². The maximum absolute atomic E-state index is 10.7. The monoisotopic (exact) mass is 265 g/mol. The molecule has 19 heavy (non-hydrogen) atoms. The highest BCUT2D eigenvalue weighted by atomic mass is 16.4. The van der Waals surface area contributed by atoms with Gasteiger partial charge in [0.15, 0.2) is 0 Å². The summed E-state index contributed by atoms with van der Waals surface area (Å²) in [4.78, 5) is 10.7. The fraction of sp³-hybridized carbons (Fsp3) is 0.786. The van der Waals surface area contributed by atoms with E-state index in [4.69, 9.17) is 5.11 Å². The molecule has 1 N–H and O–H groups in total. The van der Waals surface area contributed by atoms with Crippen molar-refractivity contribution in [3.63, 3.8) is 0 Å². The van der Waals surface area contributed by atoms with Crippen LogP contribution in [0.5, 0.6) is 0 Å². The molecule has 1 aliphatic carbocycles. The minimum absolute atomic E-state index is 0.100. The minimum atomic E-state index is -0.743. The van der Waals surface area contributed by atoms with E-state index < -0.39 is 5.97 Å². The molecule has 1 aromatic heterocycles. The first-order valence-electron chi connectivity index (χ1n) is 7.20. The van der Waals surface area contributed by atoms with Gasteiger partial charge in [0.25, 0.3) is 0 Å². The van der Waals surface area contributed by atoms with Gasteiger partial charge >= 0.3 is 5.97 Å². The number of carboxylic acid groups (broad SMARTS) is 1. The van der Waals surface area contributed by atoms with Crippen molar-refractivity contribution in [1.29, 1.82) is 0 Å². The third kappa shape index (κ3) is 3.55. The van der Waals surface area contributed by atoms with Crippen LogP contribution in [0, 0.1) is 12.8 Å². The van der Waals surface area contributed by atoms with E-state index in [-0.39, 0.29) is 12.3 Å². The van der Waals surface area contributed by atoms with E-state index in [0.29, 0.717) is 12.5 Å². The fourth-order valence-corrected chi connectivity index (χ4v) is 3.05. The SMILES string of the molecule is Cc1nnc(CC(C)CC(=O)O)n1C1CCCCC1. The number of hydrogen-bond donors (Lipinski definition) is 1. The summed E-state index contributed by atoms with van der Waals surface area (Å²) in [5, 5.41) is 17.3. The van der Waals surface area contributed by atoms with Gasteiger partial charge in [0.2, 0.25) is 0 Å². The fourth-order valence-electron chi connectivity index (χ4n) is 3.05. The minimum Gasteiger partial charge on any atom is -0.481 e. The van der Waals surface area contributed by atoms with Gasteiger partial charge in [-0.05, 0) is 25.7 Å². The van der Waals surface area contributed by atoms with Crippen LogP contribution in [0.4, 0.5) is 0 Å². The van der Waals surface area contributed by atoms with E-state index in [9.17, 15) is 4.79 Å². The molecule has 0 aromatic carbocycles. The lowest BCUT2D eigenvalue weighted by molar-refractivity contribution is -0.137. The Morgan fingerprint density at radius 3 is 2.68 bits per heavy atom. The second-order valence-corrected chi connectivity index (χ2v) is 5.73. The number of rotatable bonds is 5. The second-order valence-electron chi connectivity index (χ2n) is 5.73. The molecule has 106 valence electrons. The van der Waals surface area contributed by atoms with Crippen molar-refractivity contribution in [2.24, 2.45) is 5.92 Å². The predicted molar refractivity (Wildman–Crippen MR) is 72.0 cm³/mol. The van der Waals surface area contributed by atoms with Crippen molar-refractivity contribution >= 4 is 5.97 Å². The van der Waals surface area contributed by atoms with Gasteiger partial charge in [-0.2, -0.15) is 0 Å². The van der Waals surface area contributed by atoms with Gasteiger partial charge in [0, 0.05) is 18.9 Å². The lowest BCUT2D eigenvalue weighted by Crippen LogP contribution is -2.19. The van der Waals surface area contributed by atoms with Crippen LogP contribution < -0.4 is 0 Å². The zero-order valence-electron chi connectivity index (χ0n) is 11.8. The number of nitrogens with zero attached hydrogens (tertiary/aromatic N) is 3. The Hall–Kier alpha value is -1.39. The van der Waals surface area contributed by atoms with E-state index in [2.05, 4.69) is 14.8 Å². The average Bonchev–Trinajstić information content (AvgIpc) is 2.70. The van der Waals surface area contributed by atoms with E-state index >= 15 is 0 Å². The number of aromatic nitrogens is 3. The van der Waals surface area contributed by atoms with Gasteiger partial charge in [-0.25, -0.2) is 0 Å². The van der Waals surface area contributed by atoms with E-state index in [1.54, 1.807) is 0 Å². The summed E-state index contributed by atoms with van der Waals surface area (Å²) in [6.45, 7) is 3.95. The Labute approximate surface area is 114 Å². The highest BCUT2D eigenvalue weighted by Gasteiger charge is 2.22. The zero-order chi connectivity index (χ0) is 13.8. The second kappa shape index (κ2) is 6.17. The van der Waals surface area contributed by atoms with Gasteiger partial charge in [-0.15, -0.1) is 10.2 Å². The molecule has 0 radical (unpaired) electrons. The van der Waals surface area contributed by atoms with Crippen molar-refractivity contribution in [3.8, 4) is 0 Å². The molecule has 0 bridgehead atoms. The number of carboxylic acids is 1. The molecular formula is C14H23N3O2. The summed E-state index contributed by atoms with van der Waals surface area (Å²) in [7, 11) is 0. The van der Waals surface area contributed by atoms with Gasteiger partial charge < -0.3 is 9.67 Å². The van der Waals surface area contributed by atoms with Gasteiger partial charge in [-0.1, -0.05) is 26.2 Å². The third-order valence-corrected chi connectivity index (χ3v) is 3.93. The number of hydrogen-bond acceptors (Lipinski definition) is 3. The lowest BCUT2D eigenvalue weighted by Gasteiger charge is -2.25. The van der Waals surface area contributed by atoms with Crippen LogP contribution in [0.15, 0.2) is 0 Å². The molecule has 0 aliphatic heterocycles. The van der Waals surface area contributed by atoms with Crippen molar-refractivity contribution in [1.82, 2.24) is 14.8 Å². The van der Waals surface area contributed by atoms with E-state index in [0.717, 1.165) is 11.6 Å². The lowest BCUT2D eigenvalue weighted by atomic mass is 9.94. The van der Waals surface area contributed by atoms with Crippen LogP contribution in [0.3, 0.4) is 0 Å². The Morgan fingerprint density at radius 1 is 1.37 bits per heavy atom. The van der Waals surface area contributed by atoms with Crippen LogP contribution in [-0.2, 0) is 11.2 Å². The molecule has 1 unspecified atom stereocenters. The Balaban J connectivity index is 2.10. The third-order valence-electron chi connectivity index (χ3n) is 3.93. The van der Waals surface area contributed by atoms with Crippen LogP contribution in [0.2, 0.25) is 0 Å². The topological polar surface area (TPSA) is 68.0 Å². The maximum atomic E-state index is 10.7. The van der Waals surface area contributed by atoms with Crippen LogP contribution >= 0.6 is 0 Å². The molecule has 0 saturated heterocycles. The predicted octanol–water partition coefficient (Wildman–Crippen LogP) is 2.75. The number of aryl methyl sites for hydroxylation is 1. The molecule has 1 atom stereocenters. The molecular weight excluding hydrogens is 242 g/mol. The van der Waals surface area contributed by atoms with Crippen molar-refractivity contribution in [3.05, 3.63) is 11.6 Å². The summed E-state index contributed by atoms with van der Waals surface area (Å²) < 4.78 is 2.25. The van der Waals surface area contributed by atoms with Gasteiger partial charge in [0.05, 0.1) is 0 Å². The molecule has 1 saturated carbocycles. The normalized spacial score (nSPS) is 18.4. The first-order valence-corrected chi connectivity index (χ1v) is 7.20. The number of aliphatic carboxylic acids is 1. The molecule has 1 fully saturated rings. The van der Waals surface area contributed by atoms with Gasteiger partial charge in [-0.3, -0.25) is 4.79 Å². The summed E-state index contributed by atoms with van der Waals surface area (Å²) in [6.07, 6.45) is 7.14. The van der Waals surface area contributed by atoms with Crippen molar-refractivity contribution < 1.29 is 9.90 Å². The van der Waals surface area contributed by atoms with Crippen molar-refractivity contribution in [2.45, 2.75) is 64.8 Å². The van der Waals surface area contributed by atoms with Crippen LogP contribution in [0.25, 0.3) is 0 Å². The molecule has 5 nitrogen and oxygen atoms in total. The number of carbonyl (C=O) groups is 1. The quantitative estimate of drug-likeness (QED) is 0.888. The summed E-state index contributed by atoms with van der Waals surface area (Å²) in [5.41, 5.74) is 0. The van der Waals surface area contributed by atoms with E-state index in [1.165, 1.54) is 32.1 Å². The zero-order valence-corrected chi connectivity index (χ0v) is 11.8. The Morgan fingerprint density at radius 2 is 2.05 bits per heavy atom. The molecule has 0 spiro atoms. The Kier molecular flexibility index (Phi) is 4.56. The first kappa shape index (κ1) is 14.0. The molecule has 5 heteroatoms. The molecule has 2 rings (SSSR count). The van der Waals surface area contributed by atoms with Crippen LogP contribution in [0.1, 0.15) is 63.1 Å². The standard InChI is InChI=1S/C14H23N3O2/c1-10(9-14(18)19)8-13-16-15-11(2)17(13)12-6-4-3-5-7-12/h10,12H,3-9H2,1-2H3,(H,18,19). The molecule has 0 amide bonds. The Bertz CT molecular complexity index is 436. The highest BCUT2D eigenvalue weighted by molar-refractivity contribution is 5.66. The summed E-state index contributed by atoms with van der Waals surface area (Å²) >= 11 is 0. The van der Waals surface area contributed by atoms with Gasteiger partial charge in [0.1, 0.15) is 11.6 Å². The first-order chi connectivity index (χ1) is 9.08. The smallest absolute Gasteiger partial charge is 0.303 e. The molecule has 1 aromatic rings. The molecule has 1 aliphatic rings. The highest BCUT2D eigenvalue weighted by Crippen LogP contribution is 2.30. The molecule has 1 heterocycles. The summed E-state index contributed by atoms with van der Waals surface area (Å²) in [5.74, 6) is 1.28. The maximum Gasteiger partial charge on any atom is 0.303 e. The largest absolute Gasteiger partial charge is 0.481 e. The van der Waals surface area contributed by atoms with Crippen molar-refractivity contribution in [2.75, 3.05) is 0 Å².